The molecule has 2 aromatic carbocycles. The van der Waals surface area contributed by atoms with E-state index in [2.05, 4.69) is 127 Å². The Bertz CT molecular complexity index is 1670. The van der Waals surface area contributed by atoms with Crippen molar-refractivity contribution in [2.75, 3.05) is 0 Å². The van der Waals surface area contributed by atoms with Crippen molar-refractivity contribution >= 4 is 21.9 Å². The fourth-order valence-electron chi connectivity index (χ4n) is 6.33. The van der Waals surface area contributed by atoms with Crippen LogP contribution >= 0.6 is 0 Å². The van der Waals surface area contributed by atoms with E-state index >= 15 is 0 Å². The van der Waals surface area contributed by atoms with E-state index in [1.165, 1.54) is 100 Å². The van der Waals surface area contributed by atoms with E-state index < -0.39 is 0 Å². The topological polar surface area (TPSA) is 23.0 Å². The lowest BCUT2D eigenvalue weighted by Gasteiger charge is -2.12. The molecule has 3 nitrogen and oxygen atoms in total. The average Bonchev–Trinajstić information content (AvgIpc) is 3.44. The van der Waals surface area contributed by atoms with Crippen LogP contribution in [-0.2, 0) is 14.1 Å². The van der Waals surface area contributed by atoms with Gasteiger partial charge in [-0.2, -0.15) is 0 Å². The van der Waals surface area contributed by atoms with Crippen LogP contribution < -0.4 is 0 Å². The van der Waals surface area contributed by atoms with Crippen molar-refractivity contribution in [3.05, 3.63) is 89.6 Å². The summed E-state index contributed by atoms with van der Waals surface area (Å²) in [4.78, 5) is 0. The summed E-state index contributed by atoms with van der Waals surface area (Å²) in [5.74, 6) is 1.04. The minimum Gasteiger partial charge on any atom is -0.461 e. The smallest absolute Gasteiger partial charge is 0.137 e. The Morgan fingerprint density at radius 3 is 1.09 bits per heavy atom. The molecule has 0 unspecified atom stereocenters. The standard InChI is InChI=1S/C15H21N.C14H18O.C9H15N.4CH4/c1-8-9(2)11(4)15-14(10(8)3)12(5)13(6)16(15)7;1-7-8(2)10(4)14-13(9(7)3)11(5)12(6)15-14;1-6-7(2)9(4)10(5)8(6)3;;;;/h1-7H3;1-6H3;1-5H3;4*1H4. The zero-order valence-electron chi connectivity index (χ0n) is 29.3. The van der Waals surface area contributed by atoms with E-state index in [4.69, 9.17) is 4.42 Å². The van der Waals surface area contributed by atoms with Crippen molar-refractivity contribution in [2.45, 2.75) is 140 Å². The lowest BCUT2D eigenvalue weighted by molar-refractivity contribution is 0.572. The number of hydrogen-bond donors (Lipinski definition) is 0. The summed E-state index contributed by atoms with van der Waals surface area (Å²) in [6, 6.07) is 0. The van der Waals surface area contributed by atoms with Crippen LogP contribution in [0.3, 0.4) is 0 Å². The first-order valence-corrected chi connectivity index (χ1v) is 14.9. The highest BCUT2D eigenvalue weighted by molar-refractivity contribution is 5.93. The zero-order chi connectivity index (χ0) is 31.4. The van der Waals surface area contributed by atoms with Gasteiger partial charge in [0, 0.05) is 41.9 Å². The molecule has 0 fully saturated rings. The van der Waals surface area contributed by atoms with E-state index in [0.29, 0.717) is 0 Å². The molecule has 5 rings (SSSR count). The quantitative estimate of drug-likeness (QED) is 0.169. The number of benzene rings is 2. The minimum atomic E-state index is 0. The fourth-order valence-corrected chi connectivity index (χ4v) is 6.33. The van der Waals surface area contributed by atoms with Gasteiger partial charge in [-0.05, 0) is 178 Å². The van der Waals surface area contributed by atoms with E-state index in [0.717, 1.165) is 11.3 Å². The maximum Gasteiger partial charge on any atom is 0.137 e. The number of furan rings is 1. The van der Waals surface area contributed by atoms with Crippen LogP contribution in [0, 0.1) is 111 Å². The molecule has 45 heavy (non-hydrogen) atoms. The van der Waals surface area contributed by atoms with E-state index in [9.17, 15) is 0 Å². The van der Waals surface area contributed by atoms with Gasteiger partial charge in [0.1, 0.15) is 11.3 Å². The van der Waals surface area contributed by atoms with Gasteiger partial charge in [0.25, 0.3) is 0 Å². The van der Waals surface area contributed by atoms with Crippen LogP contribution in [0.2, 0.25) is 0 Å². The second-order valence-corrected chi connectivity index (χ2v) is 12.5. The Kier molecular flexibility index (Phi) is 15.5. The monoisotopic (exact) mass is 619 g/mol. The van der Waals surface area contributed by atoms with E-state index in [1.807, 2.05) is 6.92 Å². The first kappa shape index (κ1) is 43.9. The maximum absolute atomic E-state index is 5.85. The highest BCUT2D eigenvalue weighted by Crippen LogP contribution is 2.35. The highest BCUT2D eigenvalue weighted by atomic mass is 16.3. The van der Waals surface area contributed by atoms with Crippen LogP contribution in [0.5, 0.6) is 0 Å². The molecular weight excluding hydrogens is 548 g/mol. The summed E-state index contributed by atoms with van der Waals surface area (Å²) < 4.78 is 10.4. The van der Waals surface area contributed by atoms with Crippen molar-refractivity contribution in [3.8, 4) is 0 Å². The van der Waals surface area contributed by atoms with Gasteiger partial charge in [0.2, 0.25) is 0 Å². The van der Waals surface area contributed by atoms with Crippen molar-refractivity contribution in [1.29, 1.82) is 0 Å². The summed E-state index contributed by atoms with van der Waals surface area (Å²) >= 11 is 0. The van der Waals surface area contributed by atoms with Crippen molar-refractivity contribution in [1.82, 2.24) is 9.13 Å². The number of aryl methyl sites for hydroxylation is 8. The van der Waals surface area contributed by atoms with Crippen molar-refractivity contribution in [3.63, 3.8) is 0 Å². The molecule has 0 aliphatic rings. The largest absolute Gasteiger partial charge is 0.461 e. The Morgan fingerprint density at radius 2 is 0.689 bits per heavy atom. The zero-order valence-corrected chi connectivity index (χ0v) is 29.3. The molecule has 0 amide bonds. The first-order valence-electron chi connectivity index (χ1n) is 14.9. The molecule has 3 heterocycles. The van der Waals surface area contributed by atoms with Gasteiger partial charge in [-0.1, -0.05) is 29.7 Å². The molecule has 254 valence electrons. The second kappa shape index (κ2) is 15.9. The lowest BCUT2D eigenvalue weighted by atomic mass is 9.94. The van der Waals surface area contributed by atoms with Gasteiger partial charge in [0.15, 0.2) is 0 Å². The van der Waals surface area contributed by atoms with Crippen LogP contribution in [0.1, 0.15) is 119 Å². The van der Waals surface area contributed by atoms with Gasteiger partial charge >= 0.3 is 0 Å². The van der Waals surface area contributed by atoms with Crippen LogP contribution in [0.25, 0.3) is 21.9 Å². The molecule has 0 saturated carbocycles. The third-order valence-electron chi connectivity index (χ3n) is 10.9. The molecule has 0 aliphatic heterocycles. The van der Waals surface area contributed by atoms with E-state index in [1.54, 1.807) is 0 Å². The van der Waals surface area contributed by atoms with Crippen molar-refractivity contribution in [2.24, 2.45) is 14.1 Å². The third kappa shape index (κ3) is 7.13. The number of rotatable bonds is 0. The lowest BCUT2D eigenvalue weighted by Crippen LogP contribution is -1.97. The molecule has 0 N–H and O–H groups in total. The van der Waals surface area contributed by atoms with Crippen LogP contribution in [0.4, 0.5) is 0 Å². The summed E-state index contributed by atoms with van der Waals surface area (Å²) in [6.07, 6.45) is 0. The third-order valence-corrected chi connectivity index (χ3v) is 10.9. The molecule has 0 radical (unpaired) electrons. The molecule has 0 saturated heterocycles. The molecule has 0 aliphatic carbocycles. The number of fused-ring (bicyclic) bond motifs is 2. The predicted molar refractivity (Wildman–Crippen MR) is 207 cm³/mol. The summed E-state index contributed by atoms with van der Waals surface area (Å²) in [5.41, 5.74) is 23.4. The predicted octanol–water partition coefficient (Wildman–Crippen LogP) is 13.1. The second-order valence-electron chi connectivity index (χ2n) is 12.5. The average molecular weight is 619 g/mol. The highest BCUT2D eigenvalue weighted by Gasteiger charge is 2.17. The molecule has 0 bridgehead atoms. The van der Waals surface area contributed by atoms with Crippen molar-refractivity contribution < 1.29 is 4.42 Å². The van der Waals surface area contributed by atoms with Crippen LogP contribution in [0.15, 0.2) is 4.42 Å². The van der Waals surface area contributed by atoms with Crippen LogP contribution in [-0.4, -0.2) is 9.13 Å². The summed E-state index contributed by atoms with van der Waals surface area (Å²) in [5, 5.41) is 2.77. The SMILES string of the molecule is C.C.C.C.Cc1c(C)c(C)c2c(c1C)c(C)c(C)n2C.Cc1c(C)c(C)n(C)c1C.Cc1oc2c(C)c(C)c(C)c(C)c2c1C. The minimum absolute atomic E-state index is 0. The van der Waals surface area contributed by atoms with Gasteiger partial charge in [-0.3, -0.25) is 0 Å². The molecule has 0 spiro atoms. The molecule has 5 aromatic rings. The Hall–Kier alpha value is -3.20. The molecule has 0 atom stereocenters. The Morgan fingerprint density at radius 1 is 0.333 bits per heavy atom. The number of hydrogen-bond acceptors (Lipinski definition) is 1. The first-order chi connectivity index (χ1) is 18.9. The molecule has 3 aromatic heterocycles. The molecular formula is C42H70N2O. The van der Waals surface area contributed by atoms with Gasteiger partial charge in [0.05, 0.1) is 5.52 Å². The van der Waals surface area contributed by atoms with E-state index in [-0.39, 0.29) is 29.7 Å². The number of aromatic nitrogens is 2. The van der Waals surface area contributed by atoms with Gasteiger partial charge < -0.3 is 13.6 Å². The maximum atomic E-state index is 5.85. The van der Waals surface area contributed by atoms with Gasteiger partial charge in [-0.25, -0.2) is 0 Å². The number of nitrogens with zero attached hydrogens (tertiary/aromatic N) is 2. The van der Waals surface area contributed by atoms with Gasteiger partial charge in [-0.15, -0.1) is 0 Å². The Labute approximate surface area is 279 Å². The fraction of sp³-hybridized carbons (Fsp3) is 0.524. The summed E-state index contributed by atoms with van der Waals surface area (Å²) in [7, 11) is 4.29. The summed E-state index contributed by atoms with van der Waals surface area (Å²) in [6.45, 7) is 35.0. The molecule has 3 heteroatoms. The normalized spacial score (nSPS) is 10.2. The Balaban J connectivity index is 0.